The predicted octanol–water partition coefficient (Wildman–Crippen LogP) is 0.542. The van der Waals surface area contributed by atoms with Crippen molar-refractivity contribution in [3.05, 3.63) is 0 Å². The molecule has 1 aliphatic rings. The van der Waals surface area contributed by atoms with Crippen LogP contribution in [-0.4, -0.2) is 40.0 Å². The van der Waals surface area contributed by atoms with Gasteiger partial charge in [0.05, 0.1) is 0 Å². The number of imide groups is 1. The van der Waals surface area contributed by atoms with E-state index in [2.05, 4.69) is 10.7 Å². The number of urea groups is 1. The third kappa shape index (κ3) is 5.19. The lowest BCUT2D eigenvalue weighted by atomic mass is 9.92. The number of carbonyl (C=O) groups excluding carboxylic acids is 4. The van der Waals surface area contributed by atoms with Crippen molar-refractivity contribution in [2.24, 2.45) is 17.8 Å². The first-order valence-electron chi connectivity index (χ1n) is 8.05. The predicted molar refractivity (Wildman–Crippen MR) is 84.3 cm³/mol. The smallest absolute Gasteiger partial charge is 0.324 e. The molecule has 24 heavy (non-hydrogen) atoms. The number of nitrogens with zero attached hydrogens (tertiary/aromatic N) is 1. The van der Waals surface area contributed by atoms with E-state index in [0.29, 0.717) is 11.4 Å². The SMILES string of the molecule is CC(C)C[C@@H](CCC(=O)NO)C(=O)NN1C(=O)N[C@@H](C(C)C)C1=O. The van der Waals surface area contributed by atoms with Crippen molar-refractivity contribution in [2.75, 3.05) is 0 Å². The van der Waals surface area contributed by atoms with Gasteiger partial charge in [-0.15, -0.1) is 0 Å². The van der Waals surface area contributed by atoms with E-state index < -0.39 is 35.7 Å². The van der Waals surface area contributed by atoms with Gasteiger partial charge in [0.2, 0.25) is 11.8 Å². The van der Waals surface area contributed by atoms with Gasteiger partial charge in [-0.1, -0.05) is 27.7 Å². The maximum atomic E-state index is 12.4. The van der Waals surface area contributed by atoms with Crippen molar-refractivity contribution >= 4 is 23.8 Å². The largest absolute Gasteiger partial charge is 0.344 e. The summed E-state index contributed by atoms with van der Waals surface area (Å²) in [5.41, 5.74) is 3.87. The number of hydroxylamine groups is 1. The molecule has 0 radical (unpaired) electrons. The van der Waals surface area contributed by atoms with E-state index in [-0.39, 0.29) is 24.7 Å². The Morgan fingerprint density at radius 1 is 1.25 bits per heavy atom. The maximum absolute atomic E-state index is 12.4. The van der Waals surface area contributed by atoms with Gasteiger partial charge in [0.1, 0.15) is 6.04 Å². The van der Waals surface area contributed by atoms with Crippen LogP contribution in [0.25, 0.3) is 0 Å². The molecular weight excluding hydrogens is 316 g/mol. The number of hydrogen-bond donors (Lipinski definition) is 4. The summed E-state index contributed by atoms with van der Waals surface area (Å²) in [6.07, 6.45) is 0.658. The van der Waals surface area contributed by atoms with E-state index in [0.717, 1.165) is 0 Å². The standard InChI is InChI=1S/C15H26N4O5/c1-8(2)7-10(5-6-11(20)18-24)13(21)17-19-14(22)12(9(3)4)16-15(19)23/h8-10,12,24H,5-7H2,1-4H3,(H,16,23)(H,17,21)(H,18,20)/t10-,12+/m1/s1. The van der Waals surface area contributed by atoms with Crippen molar-refractivity contribution in [3.63, 3.8) is 0 Å². The van der Waals surface area contributed by atoms with Gasteiger partial charge < -0.3 is 5.32 Å². The van der Waals surface area contributed by atoms with E-state index >= 15 is 0 Å². The molecule has 1 fully saturated rings. The van der Waals surface area contributed by atoms with Crippen LogP contribution in [0, 0.1) is 17.8 Å². The van der Waals surface area contributed by atoms with Crippen LogP contribution in [0.15, 0.2) is 0 Å². The summed E-state index contributed by atoms with van der Waals surface area (Å²) < 4.78 is 0. The van der Waals surface area contributed by atoms with E-state index in [4.69, 9.17) is 5.21 Å². The van der Waals surface area contributed by atoms with E-state index in [1.807, 2.05) is 13.8 Å². The normalized spacial score (nSPS) is 18.8. The van der Waals surface area contributed by atoms with Gasteiger partial charge in [0.25, 0.3) is 5.91 Å². The Balaban J connectivity index is 2.74. The Labute approximate surface area is 141 Å². The quantitative estimate of drug-likeness (QED) is 0.291. The molecule has 1 saturated heterocycles. The minimum Gasteiger partial charge on any atom is -0.324 e. The van der Waals surface area contributed by atoms with Crippen molar-refractivity contribution in [1.82, 2.24) is 21.2 Å². The summed E-state index contributed by atoms with van der Waals surface area (Å²) in [6, 6.07) is -1.33. The highest BCUT2D eigenvalue weighted by Crippen LogP contribution is 2.19. The summed E-state index contributed by atoms with van der Waals surface area (Å²) in [5, 5.41) is 11.8. The van der Waals surface area contributed by atoms with Crippen LogP contribution in [-0.2, 0) is 14.4 Å². The molecule has 0 saturated carbocycles. The summed E-state index contributed by atoms with van der Waals surface area (Å²) in [7, 11) is 0. The third-order valence-corrected chi connectivity index (χ3v) is 3.83. The fraction of sp³-hybridized carbons (Fsp3) is 0.733. The summed E-state index contributed by atoms with van der Waals surface area (Å²) in [6.45, 7) is 7.44. The van der Waals surface area contributed by atoms with Crippen LogP contribution in [0.2, 0.25) is 0 Å². The molecule has 0 unspecified atom stereocenters. The second kappa shape index (κ2) is 8.62. The first-order valence-corrected chi connectivity index (χ1v) is 8.05. The van der Waals surface area contributed by atoms with E-state index in [1.165, 1.54) is 5.48 Å². The lowest BCUT2D eigenvalue weighted by molar-refractivity contribution is -0.139. The van der Waals surface area contributed by atoms with E-state index in [9.17, 15) is 19.2 Å². The summed E-state index contributed by atoms with van der Waals surface area (Å²) in [5.74, 6) is -2.05. The molecule has 0 spiro atoms. The van der Waals surface area contributed by atoms with Crippen LogP contribution in [0.5, 0.6) is 0 Å². The molecule has 0 aromatic carbocycles. The van der Waals surface area contributed by atoms with E-state index in [1.54, 1.807) is 13.8 Å². The summed E-state index contributed by atoms with van der Waals surface area (Å²) in [4.78, 5) is 47.6. The number of nitrogens with one attached hydrogen (secondary N) is 3. The van der Waals surface area contributed by atoms with Crippen molar-refractivity contribution in [1.29, 1.82) is 0 Å². The average molecular weight is 342 g/mol. The molecule has 0 aromatic heterocycles. The zero-order chi connectivity index (χ0) is 18.4. The molecule has 0 bridgehead atoms. The number of hydrogen-bond acceptors (Lipinski definition) is 5. The van der Waals surface area contributed by atoms with Crippen LogP contribution in [0.4, 0.5) is 4.79 Å². The van der Waals surface area contributed by atoms with Gasteiger partial charge in [-0.05, 0) is 24.7 Å². The number of rotatable bonds is 8. The van der Waals surface area contributed by atoms with Crippen molar-refractivity contribution in [2.45, 2.75) is 53.0 Å². The second-order valence-corrected chi connectivity index (χ2v) is 6.72. The number of carbonyl (C=O) groups is 4. The first-order chi connectivity index (χ1) is 11.2. The van der Waals surface area contributed by atoms with Crippen LogP contribution < -0.4 is 16.2 Å². The van der Waals surface area contributed by atoms with Crippen LogP contribution >= 0.6 is 0 Å². The van der Waals surface area contributed by atoms with Crippen molar-refractivity contribution < 1.29 is 24.4 Å². The highest BCUT2D eigenvalue weighted by Gasteiger charge is 2.41. The molecule has 4 N–H and O–H groups in total. The monoisotopic (exact) mass is 342 g/mol. The molecule has 1 aliphatic heterocycles. The molecule has 9 nitrogen and oxygen atoms in total. The second-order valence-electron chi connectivity index (χ2n) is 6.72. The van der Waals surface area contributed by atoms with Gasteiger partial charge in [0.15, 0.2) is 0 Å². The Bertz CT molecular complexity index is 506. The zero-order valence-corrected chi connectivity index (χ0v) is 14.5. The Kier molecular flexibility index (Phi) is 7.15. The van der Waals surface area contributed by atoms with Gasteiger partial charge in [-0.25, -0.2) is 10.3 Å². The molecule has 5 amide bonds. The summed E-state index contributed by atoms with van der Waals surface area (Å²) >= 11 is 0. The number of hydrazine groups is 1. The lowest BCUT2D eigenvalue weighted by Crippen LogP contribution is -2.49. The fourth-order valence-electron chi connectivity index (χ4n) is 2.54. The van der Waals surface area contributed by atoms with Gasteiger partial charge in [-0.3, -0.25) is 25.0 Å². The molecule has 0 aromatic rings. The highest BCUT2D eigenvalue weighted by molar-refractivity contribution is 6.05. The molecule has 136 valence electrons. The average Bonchev–Trinajstić information content (AvgIpc) is 2.78. The molecular formula is C15H26N4O5. The van der Waals surface area contributed by atoms with Gasteiger partial charge in [0, 0.05) is 12.3 Å². The minimum absolute atomic E-state index is 0.0317. The Hall–Kier alpha value is -2.16. The minimum atomic E-state index is -0.665. The Morgan fingerprint density at radius 2 is 1.88 bits per heavy atom. The van der Waals surface area contributed by atoms with Gasteiger partial charge >= 0.3 is 6.03 Å². The molecule has 9 heteroatoms. The number of amides is 5. The molecule has 0 aliphatic carbocycles. The topological polar surface area (TPSA) is 128 Å². The maximum Gasteiger partial charge on any atom is 0.344 e. The lowest BCUT2D eigenvalue weighted by Gasteiger charge is -2.21. The fourth-order valence-corrected chi connectivity index (χ4v) is 2.54. The zero-order valence-electron chi connectivity index (χ0n) is 14.5. The Morgan fingerprint density at radius 3 is 2.33 bits per heavy atom. The van der Waals surface area contributed by atoms with Crippen molar-refractivity contribution in [3.8, 4) is 0 Å². The molecule has 2 atom stereocenters. The van der Waals surface area contributed by atoms with Crippen LogP contribution in [0.3, 0.4) is 0 Å². The first kappa shape index (κ1) is 19.9. The third-order valence-electron chi connectivity index (χ3n) is 3.83. The van der Waals surface area contributed by atoms with Gasteiger partial charge in [-0.2, -0.15) is 5.01 Å². The molecule has 1 rings (SSSR count). The highest BCUT2D eigenvalue weighted by atomic mass is 16.5. The van der Waals surface area contributed by atoms with Crippen LogP contribution in [0.1, 0.15) is 47.0 Å². The molecule has 1 heterocycles.